The Morgan fingerprint density at radius 1 is 1.21 bits per heavy atom. The first-order valence-corrected chi connectivity index (χ1v) is 10.6. The first-order valence-electron chi connectivity index (χ1n) is 8.78. The molecule has 2 heterocycles. The molecule has 1 saturated heterocycles. The molecule has 1 fully saturated rings. The van der Waals surface area contributed by atoms with Gasteiger partial charge in [0.15, 0.2) is 0 Å². The van der Waals surface area contributed by atoms with Gasteiger partial charge in [0.2, 0.25) is 0 Å². The van der Waals surface area contributed by atoms with Crippen molar-refractivity contribution in [3.05, 3.63) is 42.5 Å². The average Bonchev–Trinajstić information content (AvgIpc) is 3.09. The fraction of sp³-hybridized carbons (Fsp3) is 0.263. The second-order valence-electron chi connectivity index (χ2n) is 6.53. The molecule has 2 aromatic carbocycles. The molecule has 0 saturated carbocycles. The van der Waals surface area contributed by atoms with Gasteiger partial charge in [0.05, 0.1) is 39.1 Å². The minimum Gasteiger partial charge on any atom is -0.506 e. The SMILES string of the molecule is COc1cc(N=S2(=O)CCCC2)cc2ncnc(Nc3ccc(F)cc3O)c12. The molecule has 1 aromatic heterocycles. The molecule has 0 radical (unpaired) electrons. The fourth-order valence-electron chi connectivity index (χ4n) is 3.23. The van der Waals surface area contributed by atoms with Gasteiger partial charge in [-0.15, -0.1) is 0 Å². The molecule has 0 atom stereocenters. The van der Waals surface area contributed by atoms with Crippen molar-refractivity contribution in [2.75, 3.05) is 23.9 Å². The van der Waals surface area contributed by atoms with Gasteiger partial charge in [0.25, 0.3) is 0 Å². The molecule has 9 heteroatoms. The Hall–Kier alpha value is -2.94. The highest BCUT2D eigenvalue weighted by molar-refractivity contribution is 7.93. The van der Waals surface area contributed by atoms with Gasteiger partial charge in [0.1, 0.15) is 29.5 Å². The van der Waals surface area contributed by atoms with Crippen LogP contribution in [0.2, 0.25) is 0 Å². The number of benzene rings is 2. The number of phenols is 1. The van der Waals surface area contributed by atoms with E-state index in [1.807, 2.05) is 0 Å². The fourth-order valence-corrected chi connectivity index (χ4v) is 5.41. The maximum atomic E-state index is 13.2. The summed E-state index contributed by atoms with van der Waals surface area (Å²) in [6, 6.07) is 7.10. The lowest BCUT2D eigenvalue weighted by Crippen LogP contribution is -2.00. The largest absolute Gasteiger partial charge is 0.506 e. The van der Waals surface area contributed by atoms with Crippen LogP contribution in [0.3, 0.4) is 0 Å². The van der Waals surface area contributed by atoms with E-state index in [0.29, 0.717) is 45.4 Å². The number of aromatic hydroxyl groups is 1. The number of aromatic nitrogens is 2. The minimum atomic E-state index is -2.23. The second kappa shape index (κ2) is 7.23. The predicted molar refractivity (Wildman–Crippen MR) is 107 cm³/mol. The van der Waals surface area contributed by atoms with Crippen molar-refractivity contribution in [1.82, 2.24) is 9.97 Å². The van der Waals surface area contributed by atoms with Crippen LogP contribution in [0.1, 0.15) is 12.8 Å². The lowest BCUT2D eigenvalue weighted by Gasteiger charge is -2.13. The van der Waals surface area contributed by atoms with Crippen LogP contribution in [-0.4, -0.2) is 37.9 Å². The number of rotatable bonds is 4. The molecule has 0 bridgehead atoms. The zero-order valence-electron chi connectivity index (χ0n) is 15.2. The van der Waals surface area contributed by atoms with Crippen LogP contribution in [0, 0.1) is 5.82 Å². The van der Waals surface area contributed by atoms with Crippen molar-refractivity contribution >= 4 is 37.8 Å². The van der Waals surface area contributed by atoms with Gasteiger partial charge in [-0.2, -0.15) is 4.36 Å². The van der Waals surface area contributed by atoms with E-state index in [4.69, 9.17) is 4.74 Å². The number of anilines is 2. The number of halogens is 1. The standard InChI is InChI=1S/C19H19FN4O3S/c1-27-17-10-13(24-28(26)6-2-3-7-28)9-15-18(17)19(22-11-21-15)23-14-5-4-12(20)8-16(14)25/h4-5,8-11,25H,2-3,6-7H2,1H3,(H,21,22,23). The van der Waals surface area contributed by atoms with E-state index in [-0.39, 0.29) is 5.75 Å². The number of phenolic OH excluding ortho intramolecular Hbond substituents is 1. The summed E-state index contributed by atoms with van der Waals surface area (Å²) in [5.74, 6) is 1.28. The van der Waals surface area contributed by atoms with Gasteiger partial charge in [-0.1, -0.05) is 0 Å². The minimum absolute atomic E-state index is 0.240. The molecule has 7 nitrogen and oxygen atoms in total. The number of hydrogen-bond donors (Lipinski definition) is 2. The van der Waals surface area contributed by atoms with Crippen LogP contribution in [0.15, 0.2) is 41.0 Å². The summed E-state index contributed by atoms with van der Waals surface area (Å²) in [6.45, 7) is 0. The Morgan fingerprint density at radius 3 is 2.71 bits per heavy atom. The Balaban J connectivity index is 1.82. The van der Waals surface area contributed by atoms with Crippen LogP contribution < -0.4 is 10.1 Å². The van der Waals surface area contributed by atoms with Crippen LogP contribution in [0.5, 0.6) is 11.5 Å². The lowest BCUT2D eigenvalue weighted by molar-refractivity contribution is 0.420. The number of nitrogens with one attached hydrogen (secondary N) is 1. The number of methoxy groups -OCH3 is 1. The summed E-state index contributed by atoms with van der Waals surface area (Å²) in [4.78, 5) is 8.51. The first-order chi connectivity index (χ1) is 13.5. The molecule has 0 spiro atoms. The summed E-state index contributed by atoms with van der Waals surface area (Å²) < 4.78 is 36.0. The van der Waals surface area contributed by atoms with Crippen LogP contribution in [0.25, 0.3) is 10.9 Å². The Kier molecular flexibility index (Phi) is 4.76. The maximum Gasteiger partial charge on any atom is 0.145 e. The average molecular weight is 402 g/mol. The molecular formula is C19H19FN4O3S. The van der Waals surface area contributed by atoms with E-state index < -0.39 is 15.5 Å². The van der Waals surface area contributed by atoms with Crippen LogP contribution in [-0.2, 0) is 9.73 Å². The third kappa shape index (κ3) is 3.57. The van der Waals surface area contributed by atoms with E-state index in [1.165, 1.54) is 25.6 Å². The molecule has 1 aliphatic heterocycles. The molecule has 1 aliphatic rings. The van der Waals surface area contributed by atoms with Crippen molar-refractivity contribution in [2.24, 2.45) is 4.36 Å². The predicted octanol–water partition coefficient (Wildman–Crippen LogP) is 4.12. The second-order valence-corrected chi connectivity index (χ2v) is 9.07. The molecule has 0 aliphatic carbocycles. The molecule has 0 amide bonds. The Bertz CT molecular complexity index is 1160. The van der Waals surface area contributed by atoms with Crippen molar-refractivity contribution in [3.63, 3.8) is 0 Å². The van der Waals surface area contributed by atoms with E-state index >= 15 is 0 Å². The number of nitrogens with zero attached hydrogens (tertiary/aromatic N) is 3. The van der Waals surface area contributed by atoms with Gasteiger partial charge in [0, 0.05) is 23.6 Å². The number of ether oxygens (including phenoxy) is 1. The summed E-state index contributed by atoms with van der Waals surface area (Å²) in [7, 11) is -0.713. The smallest absolute Gasteiger partial charge is 0.145 e. The molecule has 3 aromatic rings. The maximum absolute atomic E-state index is 13.2. The van der Waals surface area contributed by atoms with Crippen molar-refractivity contribution in [2.45, 2.75) is 12.8 Å². The van der Waals surface area contributed by atoms with Crippen molar-refractivity contribution in [1.29, 1.82) is 0 Å². The number of fused-ring (bicyclic) bond motifs is 1. The van der Waals surface area contributed by atoms with E-state index in [9.17, 15) is 13.7 Å². The Labute approximate surface area is 161 Å². The summed E-state index contributed by atoms with van der Waals surface area (Å²) in [6.07, 6.45) is 3.21. The summed E-state index contributed by atoms with van der Waals surface area (Å²) in [5, 5.41) is 13.5. The lowest BCUT2D eigenvalue weighted by atomic mass is 10.2. The van der Waals surface area contributed by atoms with Gasteiger partial charge < -0.3 is 15.2 Å². The molecule has 0 unspecified atom stereocenters. The molecule has 28 heavy (non-hydrogen) atoms. The van der Waals surface area contributed by atoms with Gasteiger partial charge in [-0.25, -0.2) is 18.6 Å². The highest BCUT2D eigenvalue weighted by atomic mass is 32.2. The van der Waals surface area contributed by atoms with Crippen LogP contribution in [0.4, 0.5) is 21.6 Å². The molecule has 146 valence electrons. The zero-order valence-corrected chi connectivity index (χ0v) is 16.0. The molecular weight excluding hydrogens is 383 g/mol. The van der Waals surface area contributed by atoms with Gasteiger partial charge in [-0.05, 0) is 31.0 Å². The van der Waals surface area contributed by atoms with Gasteiger partial charge in [-0.3, -0.25) is 0 Å². The zero-order chi connectivity index (χ0) is 19.7. The van der Waals surface area contributed by atoms with Crippen LogP contribution >= 0.6 is 0 Å². The normalized spacial score (nSPS) is 15.5. The van der Waals surface area contributed by atoms with Gasteiger partial charge >= 0.3 is 0 Å². The Morgan fingerprint density at radius 2 is 2.00 bits per heavy atom. The number of hydrogen-bond acceptors (Lipinski definition) is 7. The highest BCUT2D eigenvalue weighted by Gasteiger charge is 2.18. The van der Waals surface area contributed by atoms with Crippen molar-refractivity contribution < 1.29 is 18.4 Å². The molecule has 4 rings (SSSR count). The third-order valence-corrected chi connectivity index (χ3v) is 6.96. The quantitative estimate of drug-likeness (QED) is 0.637. The summed E-state index contributed by atoms with van der Waals surface area (Å²) >= 11 is 0. The topological polar surface area (TPSA) is 96.7 Å². The van der Waals surface area contributed by atoms with E-state index in [1.54, 1.807) is 12.1 Å². The van der Waals surface area contributed by atoms with E-state index in [2.05, 4.69) is 19.6 Å². The van der Waals surface area contributed by atoms with Crippen molar-refractivity contribution in [3.8, 4) is 11.5 Å². The molecule has 2 N–H and O–H groups in total. The highest BCUT2D eigenvalue weighted by Crippen LogP contribution is 2.37. The summed E-state index contributed by atoms with van der Waals surface area (Å²) in [5.41, 5.74) is 1.40. The third-order valence-electron chi connectivity index (χ3n) is 4.57. The van der Waals surface area contributed by atoms with E-state index in [0.717, 1.165) is 18.9 Å². The first kappa shape index (κ1) is 18.4. The monoisotopic (exact) mass is 402 g/mol.